The van der Waals surface area contributed by atoms with Crippen molar-refractivity contribution in [2.45, 2.75) is 6.04 Å². The summed E-state index contributed by atoms with van der Waals surface area (Å²) in [6.07, 6.45) is 2.19. The van der Waals surface area contributed by atoms with E-state index in [4.69, 9.17) is 0 Å². The molecule has 1 aromatic carbocycles. The van der Waals surface area contributed by atoms with Crippen LogP contribution in [0.25, 0.3) is 10.9 Å². The number of hydrogen-bond donors (Lipinski definition) is 2. The van der Waals surface area contributed by atoms with Crippen LogP contribution in [0.2, 0.25) is 0 Å². The van der Waals surface area contributed by atoms with E-state index < -0.39 is 0 Å². The molecule has 1 aliphatic heterocycles. The summed E-state index contributed by atoms with van der Waals surface area (Å²) in [5.41, 5.74) is 2.62. The van der Waals surface area contributed by atoms with Gasteiger partial charge in [-0.1, -0.05) is 24.3 Å². The highest BCUT2D eigenvalue weighted by molar-refractivity contribution is 7.10. The monoisotopic (exact) mass is 297 g/mol. The lowest BCUT2D eigenvalue weighted by Gasteiger charge is -2.34. The van der Waals surface area contributed by atoms with Crippen molar-refractivity contribution in [3.05, 3.63) is 58.4 Å². The highest BCUT2D eigenvalue weighted by atomic mass is 32.1. The molecule has 1 aliphatic rings. The van der Waals surface area contributed by atoms with Crippen LogP contribution in [0.4, 0.5) is 0 Å². The van der Waals surface area contributed by atoms with E-state index in [1.54, 1.807) is 0 Å². The molecule has 0 radical (unpaired) electrons. The number of nitrogens with one attached hydrogen (secondary N) is 2. The number of aromatic nitrogens is 1. The molecule has 0 saturated carbocycles. The lowest BCUT2D eigenvalue weighted by molar-refractivity contribution is 0.201. The normalized spacial score (nSPS) is 18.1. The maximum Gasteiger partial charge on any atom is 0.0717 e. The van der Waals surface area contributed by atoms with Crippen molar-refractivity contribution >= 4 is 22.2 Å². The van der Waals surface area contributed by atoms with Crippen LogP contribution in [0.15, 0.2) is 48.0 Å². The number of rotatable bonds is 3. The summed E-state index contributed by atoms with van der Waals surface area (Å²) < 4.78 is 0. The zero-order valence-electron chi connectivity index (χ0n) is 11.9. The zero-order chi connectivity index (χ0) is 14.1. The molecular formula is C17H19N3S. The Morgan fingerprint density at radius 2 is 1.90 bits per heavy atom. The summed E-state index contributed by atoms with van der Waals surface area (Å²) in [6, 6.07) is 13.4. The Kier molecular flexibility index (Phi) is 3.51. The molecule has 0 unspecified atom stereocenters. The number of H-pyrrole nitrogens is 1. The Bertz CT molecular complexity index is 711. The minimum atomic E-state index is 0.364. The molecular weight excluding hydrogens is 278 g/mol. The fraction of sp³-hybridized carbons (Fsp3) is 0.294. The molecule has 4 rings (SSSR count). The predicted molar refractivity (Wildman–Crippen MR) is 88.9 cm³/mol. The van der Waals surface area contributed by atoms with Gasteiger partial charge in [-0.25, -0.2) is 0 Å². The third kappa shape index (κ3) is 2.39. The molecule has 3 aromatic rings. The Labute approximate surface area is 128 Å². The fourth-order valence-corrected chi connectivity index (χ4v) is 4.11. The van der Waals surface area contributed by atoms with Gasteiger partial charge in [0.2, 0.25) is 0 Å². The average Bonchev–Trinajstić information content (AvgIpc) is 3.20. The van der Waals surface area contributed by atoms with Crippen molar-refractivity contribution in [2.75, 3.05) is 26.2 Å². The van der Waals surface area contributed by atoms with E-state index in [1.165, 1.54) is 21.3 Å². The van der Waals surface area contributed by atoms with E-state index in [2.05, 4.69) is 63.2 Å². The second-order valence-electron chi connectivity index (χ2n) is 5.49. The molecule has 1 fully saturated rings. The molecule has 3 nitrogen and oxygen atoms in total. The quantitative estimate of drug-likeness (QED) is 0.778. The summed E-state index contributed by atoms with van der Waals surface area (Å²) in [5.74, 6) is 0. The number of thiophene rings is 1. The van der Waals surface area contributed by atoms with Crippen LogP contribution in [-0.2, 0) is 0 Å². The van der Waals surface area contributed by atoms with Gasteiger partial charge in [0.05, 0.1) is 6.04 Å². The van der Waals surface area contributed by atoms with E-state index >= 15 is 0 Å². The van der Waals surface area contributed by atoms with E-state index in [-0.39, 0.29) is 0 Å². The molecule has 0 bridgehead atoms. The molecule has 1 saturated heterocycles. The Balaban J connectivity index is 1.81. The molecule has 2 aromatic heterocycles. The molecule has 4 heteroatoms. The summed E-state index contributed by atoms with van der Waals surface area (Å²) in [6.45, 7) is 4.35. The highest BCUT2D eigenvalue weighted by Crippen LogP contribution is 2.35. The first kappa shape index (κ1) is 13.1. The van der Waals surface area contributed by atoms with E-state index in [0.717, 1.165) is 26.2 Å². The van der Waals surface area contributed by atoms with Gasteiger partial charge < -0.3 is 10.3 Å². The number of fused-ring (bicyclic) bond motifs is 1. The minimum absolute atomic E-state index is 0.364. The standard InChI is InChI=1S/C17H19N3S/c1-2-5-15-13(4-1)14(12-19-15)17(16-6-3-11-21-16)20-9-7-18-8-10-20/h1-6,11-12,17-19H,7-10H2/t17-/m1/s1. The van der Waals surface area contributed by atoms with Crippen molar-refractivity contribution in [3.8, 4) is 0 Å². The SMILES string of the molecule is c1csc([C@@H](c2c[nH]c3ccccc23)N2CCNCC2)c1. The first-order valence-electron chi connectivity index (χ1n) is 7.47. The summed E-state index contributed by atoms with van der Waals surface area (Å²) >= 11 is 1.86. The number of nitrogens with zero attached hydrogens (tertiary/aromatic N) is 1. The van der Waals surface area contributed by atoms with Gasteiger partial charge in [0.15, 0.2) is 0 Å². The molecule has 0 spiro atoms. The smallest absolute Gasteiger partial charge is 0.0717 e. The average molecular weight is 297 g/mol. The van der Waals surface area contributed by atoms with Crippen LogP contribution in [0.1, 0.15) is 16.5 Å². The van der Waals surface area contributed by atoms with Gasteiger partial charge in [0.1, 0.15) is 0 Å². The molecule has 3 heterocycles. The van der Waals surface area contributed by atoms with Gasteiger partial charge in [-0.05, 0) is 23.1 Å². The van der Waals surface area contributed by atoms with E-state index in [1.807, 2.05) is 11.3 Å². The second kappa shape index (κ2) is 5.64. The maximum absolute atomic E-state index is 3.45. The maximum atomic E-state index is 3.45. The lowest BCUT2D eigenvalue weighted by Crippen LogP contribution is -2.45. The van der Waals surface area contributed by atoms with Crippen molar-refractivity contribution in [1.82, 2.24) is 15.2 Å². The van der Waals surface area contributed by atoms with Crippen molar-refractivity contribution in [1.29, 1.82) is 0 Å². The van der Waals surface area contributed by atoms with Gasteiger partial charge in [-0.2, -0.15) is 0 Å². The van der Waals surface area contributed by atoms with Crippen LogP contribution < -0.4 is 5.32 Å². The van der Waals surface area contributed by atoms with Crippen molar-refractivity contribution in [3.63, 3.8) is 0 Å². The van der Waals surface area contributed by atoms with E-state index in [0.29, 0.717) is 6.04 Å². The Hall–Kier alpha value is -1.62. The van der Waals surface area contributed by atoms with Gasteiger partial charge >= 0.3 is 0 Å². The first-order valence-corrected chi connectivity index (χ1v) is 8.35. The van der Waals surface area contributed by atoms with Crippen LogP contribution >= 0.6 is 11.3 Å². The number of benzene rings is 1. The van der Waals surface area contributed by atoms with Gasteiger partial charge in [0.25, 0.3) is 0 Å². The molecule has 0 aliphatic carbocycles. The van der Waals surface area contributed by atoms with Crippen LogP contribution in [0.5, 0.6) is 0 Å². The van der Waals surface area contributed by atoms with Gasteiger partial charge in [0, 0.05) is 48.2 Å². The highest BCUT2D eigenvalue weighted by Gasteiger charge is 2.26. The molecule has 2 N–H and O–H groups in total. The minimum Gasteiger partial charge on any atom is -0.361 e. The third-order valence-corrected chi connectivity index (χ3v) is 5.17. The lowest BCUT2D eigenvalue weighted by atomic mass is 10.0. The van der Waals surface area contributed by atoms with Crippen LogP contribution in [0.3, 0.4) is 0 Å². The second-order valence-corrected chi connectivity index (χ2v) is 6.47. The van der Waals surface area contributed by atoms with Crippen molar-refractivity contribution < 1.29 is 0 Å². The summed E-state index contributed by atoms with van der Waals surface area (Å²) in [7, 11) is 0. The molecule has 108 valence electrons. The van der Waals surface area contributed by atoms with Crippen molar-refractivity contribution in [2.24, 2.45) is 0 Å². The zero-order valence-corrected chi connectivity index (χ0v) is 12.7. The van der Waals surface area contributed by atoms with Gasteiger partial charge in [-0.15, -0.1) is 11.3 Å². The number of para-hydroxylation sites is 1. The first-order chi connectivity index (χ1) is 10.4. The number of hydrogen-bond acceptors (Lipinski definition) is 3. The third-order valence-electron chi connectivity index (χ3n) is 4.25. The van der Waals surface area contributed by atoms with E-state index in [9.17, 15) is 0 Å². The summed E-state index contributed by atoms with van der Waals surface area (Å²) in [5, 5.41) is 6.97. The van der Waals surface area contributed by atoms with Crippen LogP contribution in [-0.4, -0.2) is 36.1 Å². The van der Waals surface area contributed by atoms with Crippen LogP contribution in [0, 0.1) is 0 Å². The number of aromatic amines is 1. The number of piperazine rings is 1. The molecule has 1 atom stereocenters. The Morgan fingerprint density at radius 3 is 2.71 bits per heavy atom. The molecule has 21 heavy (non-hydrogen) atoms. The predicted octanol–water partition coefficient (Wildman–Crippen LogP) is 3.22. The largest absolute Gasteiger partial charge is 0.361 e. The Morgan fingerprint density at radius 1 is 1.05 bits per heavy atom. The molecule has 0 amide bonds. The fourth-order valence-electron chi connectivity index (χ4n) is 3.24. The van der Waals surface area contributed by atoms with Gasteiger partial charge in [-0.3, -0.25) is 4.90 Å². The summed E-state index contributed by atoms with van der Waals surface area (Å²) in [4.78, 5) is 7.46. The topological polar surface area (TPSA) is 31.1 Å².